The van der Waals surface area contributed by atoms with Crippen molar-refractivity contribution in [1.82, 2.24) is 25.2 Å². The van der Waals surface area contributed by atoms with Crippen LogP contribution >= 0.6 is 0 Å². The van der Waals surface area contributed by atoms with Crippen molar-refractivity contribution in [3.63, 3.8) is 0 Å². The number of hydrogen-bond acceptors (Lipinski definition) is 12. The molecule has 20 heteroatoms. The quantitative estimate of drug-likeness (QED) is 0.246. The Morgan fingerprint density at radius 2 is 1.73 bits per heavy atom. The predicted molar refractivity (Wildman–Crippen MR) is 216 cm³/mol. The highest BCUT2D eigenvalue weighted by Gasteiger charge is 2.62. The first-order chi connectivity index (χ1) is 29.2. The average Bonchev–Trinajstić information content (AvgIpc) is 4.12. The number of alkyl carbamates (subject to hydrolysis) is 1. The first kappa shape index (κ1) is 44.4. The topological polar surface area (TPSA) is 201 Å². The Hall–Kier alpha value is -5.63. The number of carbonyl (C=O) groups excluding carboxylic acids is 4. The van der Waals surface area contributed by atoms with E-state index in [1.54, 1.807) is 57.2 Å². The zero-order valence-corrected chi connectivity index (χ0v) is 35.3. The van der Waals surface area contributed by atoms with Crippen LogP contribution in [-0.2, 0) is 33.9 Å². The molecule has 4 aliphatic rings. The van der Waals surface area contributed by atoms with Gasteiger partial charge in [0.2, 0.25) is 27.7 Å². The first-order valence-corrected chi connectivity index (χ1v) is 21.7. The maximum atomic E-state index is 14.6. The predicted octanol–water partition coefficient (Wildman–Crippen LogP) is 4.90. The summed E-state index contributed by atoms with van der Waals surface area (Å²) in [5.74, 6) is -2.73. The van der Waals surface area contributed by atoms with Gasteiger partial charge in [0.1, 0.15) is 40.8 Å². The van der Waals surface area contributed by atoms with Crippen LogP contribution in [0.1, 0.15) is 59.3 Å². The number of nitrogens with zero attached hydrogens (tertiary/aromatic N) is 2. The summed E-state index contributed by atoms with van der Waals surface area (Å²) in [5, 5.41) is 5.82. The fourth-order valence-electron chi connectivity index (χ4n) is 7.52. The van der Waals surface area contributed by atoms with Gasteiger partial charge in [0.15, 0.2) is 0 Å². The summed E-state index contributed by atoms with van der Waals surface area (Å²) in [6.07, 6.45) is -1.95. The van der Waals surface area contributed by atoms with Gasteiger partial charge in [-0.3, -0.25) is 19.1 Å². The molecule has 62 heavy (non-hydrogen) atoms. The smallest absolute Gasteiger partial charge is 0.497 e. The lowest BCUT2D eigenvalue weighted by atomic mass is 10.1. The second kappa shape index (κ2) is 17.3. The van der Waals surface area contributed by atoms with E-state index in [4.69, 9.17) is 23.9 Å². The molecular formula is C42H48F3N5O11S. The minimum atomic E-state index is -4.89. The van der Waals surface area contributed by atoms with E-state index < -0.39 is 86.4 Å². The van der Waals surface area contributed by atoms with Crippen LogP contribution in [0, 0.1) is 5.92 Å². The average molecular weight is 888 g/mol. The van der Waals surface area contributed by atoms with Gasteiger partial charge < -0.3 is 39.2 Å². The van der Waals surface area contributed by atoms with Crippen molar-refractivity contribution in [2.75, 3.05) is 26.9 Å². The Labute approximate surface area is 355 Å². The lowest BCUT2D eigenvalue weighted by Gasteiger charge is -2.30. The molecule has 4 amide bonds. The molecule has 2 aromatic carbocycles. The molecule has 0 radical (unpaired) electrons. The lowest BCUT2D eigenvalue weighted by Crippen LogP contribution is -2.58. The number of rotatable bonds is 9. The number of hydrogen-bond donors (Lipinski definition) is 3. The van der Waals surface area contributed by atoms with Gasteiger partial charge in [-0.25, -0.2) is 18.2 Å². The zero-order chi connectivity index (χ0) is 44.6. The van der Waals surface area contributed by atoms with E-state index in [9.17, 15) is 40.8 Å². The number of fused-ring (bicyclic) bond motifs is 3. The van der Waals surface area contributed by atoms with E-state index in [-0.39, 0.29) is 44.9 Å². The number of nitrogens with one attached hydrogen (secondary N) is 3. The van der Waals surface area contributed by atoms with Crippen LogP contribution in [0.15, 0.2) is 60.7 Å². The second-order valence-corrected chi connectivity index (χ2v) is 18.7. The van der Waals surface area contributed by atoms with Gasteiger partial charge in [-0.05, 0) is 100 Å². The first-order valence-electron chi connectivity index (χ1n) is 20.2. The van der Waals surface area contributed by atoms with Crippen LogP contribution in [0.25, 0.3) is 22.0 Å². The van der Waals surface area contributed by atoms with Crippen molar-refractivity contribution < 1.29 is 64.5 Å². The lowest BCUT2D eigenvalue weighted by molar-refractivity contribution is -0.274. The number of sulfonamides is 1. The van der Waals surface area contributed by atoms with Crippen molar-refractivity contribution in [2.24, 2.45) is 5.92 Å². The summed E-state index contributed by atoms with van der Waals surface area (Å²) < 4.78 is 93.9. The number of alkyl halides is 3. The molecule has 334 valence electrons. The molecule has 5 atom stereocenters. The molecule has 1 saturated heterocycles. The van der Waals surface area contributed by atoms with Crippen LogP contribution in [-0.4, -0.2) is 110 Å². The summed E-state index contributed by atoms with van der Waals surface area (Å²) in [4.78, 5) is 62.0. The van der Waals surface area contributed by atoms with Crippen LogP contribution in [0.3, 0.4) is 0 Å². The molecule has 3 N–H and O–H groups in total. The third-order valence-corrected chi connectivity index (χ3v) is 12.6. The third-order valence-electron chi connectivity index (χ3n) is 10.8. The van der Waals surface area contributed by atoms with Crippen LogP contribution < -0.4 is 29.6 Å². The number of benzene rings is 2. The number of carbonyl (C=O) groups is 4. The van der Waals surface area contributed by atoms with Crippen molar-refractivity contribution in [2.45, 2.75) is 100 Å². The molecule has 0 bridgehead atoms. The Balaban J connectivity index is 1.23. The van der Waals surface area contributed by atoms with E-state index in [1.807, 2.05) is 0 Å². The highest BCUT2D eigenvalue weighted by Crippen LogP contribution is 2.46. The summed E-state index contributed by atoms with van der Waals surface area (Å²) in [6, 6.07) is 9.38. The van der Waals surface area contributed by atoms with Crippen molar-refractivity contribution in [3.05, 3.63) is 60.7 Å². The Morgan fingerprint density at radius 3 is 2.40 bits per heavy atom. The molecule has 2 saturated carbocycles. The number of ether oxygens (including phenoxy) is 5. The highest BCUT2D eigenvalue weighted by atomic mass is 32.2. The molecule has 3 fully saturated rings. The van der Waals surface area contributed by atoms with Crippen molar-refractivity contribution in [3.8, 4) is 28.6 Å². The van der Waals surface area contributed by atoms with Gasteiger partial charge in [-0.1, -0.05) is 12.2 Å². The molecular weight excluding hydrogens is 840 g/mol. The van der Waals surface area contributed by atoms with E-state index in [1.165, 1.54) is 24.1 Å². The summed E-state index contributed by atoms with van der Waals surface area (Å²) in [5.41, 5.74) is -1.81. The van der Waals surface area contributed by atoms with Crippen LogP contribution in [0.5, 0.6) is 17.4 Å². The summed E-state index contributed by atoms with van der Waals surface area (Å²) in [6.45, 7) is 5.08. The summed E-state index contributed by atoms with van der Waals surface area (Å²) in [7, 11) is -2.50. The molecule has 16 nitrogen and oxygen atoms in total. The number of aromatic nitrogens is 1. The molecule has 3 aromatic rings. The summed E-state index contributed by atoms with van der Waals surface area (Å²) >= 11 is 0. The monoisotopic (exact) mass is 887 g/mol. The van der Waals surface area contributed by atoms with E-state index in [2.05, 4.69) is 20.1 Å². The molecule has 3 heterocycles. The fourth-order valence-corrected chi connectivity index (χ4v) is 8.88. The number of halogens is 3. The van der Waals surface area contributed by atoms with E-state index >= 15 is 0 Å². The standard InChI is InChI=1S/C42H48F3N5O11S/c1-40(2,3)61-39(54)47-32-16-18-58-17-6-5-7-26-22-41(26,38(53)49-62(55,56)30-13-14-30)48-35(51)34-21-29(23-50(34)37(32)52)59-36-31-15-12-28(57-4)19-25(31)20-33(46-36)24-8-10-27(11-9-24)60-42(43,44)45/h5,7-12,15,19-20,26,29-30,32,34H,6,13-14,16-18,21-23H2,1-4H3,(H,47,54)(H,48,51)(H,49,53)/b7-5-/t26-,29-,32+,34+,41-/m1/s1. The maximum absolute atomic E-state index is 14.6. The molecule has 0 spiro atoms. The van der Waals surface area contributed by atoms with Gasteiger partial charge in [-0.15, -0.1) is 13.2 Å². The molecule has 7 rings (SSSR count). The zero-order valence-electron chi connectivity index (χ0n) is 34.5. The van der Waals surface area contributed by atoms with Gasteiger partial charge in [0.05, 0.1) is 31.2 Å². The maximum Gasteiger partial charge on any atom is 0.573 e. The largest absolute Gasteiger partial charge is 0.573 e. The Bertz CT molecular complexity index is 2350. The normalized spacial score (nSPS) is 25.2. The van der Waals surface area contributed by atoms with E-state index in [0.717, 1.165) is 12.1 Å². The number of amides is 4. The molecule has 0 unspecified atom stereocenters. The molecule has 1 aromatic heterocycles. The minimum Gasteiger partial charge on any atom is -0.497 e. The van der Waals surface area contributed by atoms with Crippen LogP contribution in [0.4, 0.5) is 18.0 Å². The van der Waals surface area contributed by atoms with E-state index in [0.29, 0.717) is 47.0 Å². The molecule has 2 aliphatic carbocycles. The third kappa shape index (κ3) is 10.5. The molecule has 2 aliphatic heterocycles. The SMILES string of the molecule is COc1ccc2c(O[C@@H]3C[C@H]4C(=O)N[C@]5(C(=O)NS(=O)(=O)C6CC6)C[C@H]5/C=C\CCOCC[C@H](NC(=O)OC(C)(C)C)C(=O)N4C3)nc(-c3ccc(OC(F)(F)F)cc3)cc2c1. The van der Waals surface area contributed by atoms with Gasteiger partial charge in [0.25, 0.3) is 5.91 Å². The number of pyridine rings is 1. The minimum absolute atomic E-state index is 0.00895. The van der Waals surface area contributed by atoms with Crippen molar-refractivity contribution >= 4 is 44.6 Å². The number of methoxy groups -OCH3 is 1. The van der Waals surface area contributed by atoms with Crippen LogP contribution in [0.2, 0.25) is 0 Å². The fraction of sp³-hybridized carbons (Fsp3) is 0.500. The van der Waals surface area contributed by atoms with Gasteiger partial charge in [0, 0.05) is 36.3 Å². The Morgan fingerprint density at radius 1 is 1.00 bits per heavy atom. The highest BCUT2D eigenvalue weighted by molar-refractivity contribution is 7.91. The van der Waals surface area contributed by atoms with Crippen molar-refractivity contribution in [1.29, 1.82) is 0 Å². The van der Waals surface area contributed by atoms with Gasteiger partial charge >= 0.3 is 12.5 Å². The Kier molecular flexibility index (Phi) is 12.4. The van der Waals surface area contributed by atoms with Gasteiger partial charge in [-0.2, -0.15) is 0 Å². The second-order valence-electron chi connectivity index (χ2n) is 16.7.